The summed E-state index contributed by atoms with van der Waals surface area (Å²) in [5.41, 5.74) is 0. The van der Waals surface area contributed by atoms with Gasteiger partial charge in [0, 0.05) is 32.1 Å². The second-order valence-electron chi connectivity index (χ2n) is 6.42. The highest BCUT2D eigenvalue weighted by atomic mass is 35.5. The van der Waals surface area contributed by atoms with Crippen LogP contribution in [0.1, 0.15) is 44.9 Å². The fourth-order valence-electron chi connectivity index (χ4n) is 4.29. The number of hydrogen-bond donors (Lipinski definition) is 1. The molecule has 3 fully saturated rings. The van der Waals surface area contributed by atoms with Crippen molar-refractivity contribution in [2.75, 3.05) is 19.6 Å². The quantitative estimate of drug-likeness (QED) is 0.858. The summed E-state index contributed by atoms with van der Waals surface area (Å²) in [6.07, 6.45) is 7.17. The zero-order valence-corrected chi connectivity index (χ0v) is 13.2. The Kier molecular flexibility index (Phi) is 5.49. The van der Waals surface area contributed by atoms with E-state index in [-0.39, 0.29) is 24.4 Å². The van der Waals surface area contributed by atoms with Crippen molar-refractivity contribution in [3.05, 3.63) is 0 Å². The largest absolute Gasteiger partial charge is 0.480 e. The van der Waals surface area contributed by atoms with E-state index in [1.165, 1.54) is 19.3 Å². The molecule has 1 N–H and O–H groups in total. The van der Waals surface area contributed by atoms with Crippen LogP contribution < -0.4 is 0 Å². The van der Waals surface area contributed by atoms with E-state index >= 15 is 0 Å². The number of nitrogens with zero attached hydrogens (tertiary/aromatic N) is 2. The summed E-state index contributed by atoms with van der Waals surface area (Å²) in [5.74, 6) is 0.0996. The van der Waals surface area contributed by atoms with E-state index in [2.05, 4.69) is 4.90 Å². The Bertz CT molecular complexity index is 404. The molecule has 0 aromatic carbocycles. The molecule has 0 bridgehead atoms. The van der Waals surface area contributed by atoms with Gasteiger partial charge in [0.25, 0.3) is 0 Å². The minimum Gasteiger partial charge on any atom is -0.480 e. The summed E-state index contributed by atoms with van der Waals surface area (Å²) in [6, 6.07) is 0.100. The Labute approximate surface area is 132 Å². The summed E-state index contributed by atoms with van der Waals surface area (Å²) in [7, 11) is 0. The van der Waals surface area contributed by atoms with Gasteiger partial charge in [0.05, 0.1) is 0 Å². The van der Waals surface area contributed by atoms with Crippen LogP contribution in [0.4, 0.5) is 0 Å². The van der Waals surface area contributed by atoms with E-state index in [1.54, 1.807) is 0 Å². The number of carboxylic acid groups (broad SMARTS) is 1. The maximum absolute atomic E-state index is 11.7. The van der Waals surface area contributed by atoms with E-state index in [4.69, 9.17) is 0 Å². The second kappa shape index (κ2) is 6.97. The van der Waals surface area contributed by atoms with Gasteiger partial charge in [-0.25, -0.2) is 0 Å². The predicted octanol–water partition coefficient (Wildman–Crippen LogP) is 1.75. The molecule has 0 aromatic rings. The molecule has 2 heterocycles. The molecule has 0 aromatic heterocycles. The van der Waals surface area contributed by atoms with Crippen LogP contribution in [-0.4, -0.2) is 58.5 Å². The first-order valence-corrected chi connectivity index (χ1v) is 7.93. The van der Waals surface area contributed by atoms with Gasteiger partial charge in [0.15, 0.2) is 0 Å². The van der Waals surface area contributed by atoms with Crippen molar-refractivity contribution in [3.63, 3.8) is 0 Å². The third kappa shape index (κ3) is 3.34. The van der Waals surface area contributed by atoms with Crippen molar-refractivity contribution < 1.29 is 14.7 Å². The number of carbonyl (C=O) groups is 2. The first kappa shape index (κ1) is 16.6. The molecule has 3 atom stereocenters. The number of rotatable bonds is 4. The van der Waals surface area contributed by atoms with Crippen LogP contribution in [0, 0.1) is 5.92 Å². The normalized spacial score (nSPS) is 32.9. The van der Waals surface area contributed by atoms with Crippen LogP contribution in [0.3, 0.4) is 0 Å². The minimum atomic E-state index is -0.688. The summed E-state index contributed by atoms with van der Waals surface area (Å²) >= 11 is 0. The summed E-state index contributed by atoms with van der Waals surface area (Å²) in [6.45, 7) is 2.27. The Morgan fingerprint density at radius 2 is 1.95 bits per heavy atom. The van der Waals surface area contributed by atoms with Crippen LogP contribution in [0.25, 0.3) is 0 Å². The topological polar surface area (TPSA) is 60.9 Å². The number of likely N-dealkylation sites (tertiary alicyclic amines) is 2. The van der Waals surface area contributed by atoms with Gasteiger partial charge in [-0.15, -0.1) is 12.4 Å². The average Bonchev–Trinajstić information content (AvgIpc) is 3.00. The van der Waals surface area contributed by atoms with Crippen LogP contribution in [0.5, 0.6) is 0 Å². The molecule has 1 aliphatic carbocycles. The third-order valence-corrected chi connectivity index (χ3v) is 5.31. The molecule has 21 heavy (non-hydrogen) atoms. The number of aliphatic carboxylic acids is 1. The molecule has 6 heteroatoms. The fraction of sp³-hybridized carbons (Fsp3) is 0.867. The van der Waals surface area contributed by atoms with Gasteiger partial charge >= 0.3 is 5.97 Å². The van der Waals surface area contributed by atoms with Gasteiger partial charge in [-0.3, -0.25) is 14.5 Å². The lowest BCUT2D eigenvalue weighted by Gasteiger charge is -2.33. The van der Waals surface area contributed by atoms with Gasteiger partial charge in [-0.2, -0.15) is 0 Å². The van der Waals surface area contributed by atoms with Crippen molar-refractivity contribution in [2.45, 2.75) is 57.0 Å². The number of hydrogen-bond acceptors (Lipinski definition) is 3. The van der Waals surface area contributed by atoms with Crippen LogP contribution in [-0.2, 0) is 9.59 Å². The number of carbonyl (C=O) groups excluding carboxylic acids is 1. The Balaban J connectivity index is 0.00000161. The highest BCUT2D eigenvalue weighted by molar-refractivity contribution is 5.85. The number of carboxylic acids is 1. The van der Waals surface area contributed by atoms with Crippen LogP contribution in [0.15, 0.2) is 0 Å². The molecule has 0 radical (unpaired) electrons. The molecule has 2 saturated heterocycles. The predicted molar refractivity (Wildman–Crippen MR) is 81.6 cm³/mol. The first-order valence-electron chi connectivity index (χ1n) is 7.93. The molecule has 1 saturated carbocycles. The van der Waals surface area contributed by atoms with Gasteiger partial charge < -0.3 is 10.0 Å². The highest BCUT2D eigenvalue weighted by Gasteiger charge is 2.45. The van der Waals surface area contributed by atoms with Crippen molar-refractivity contribution in [1.29, 1.82) is 0 Å². The van der Waals surface area contributed by atoms with Gasteiger partial charge in [0.2, 0.25) is 5.91 Å². The third-order valence-electron chi connectivity index (χ3n) is 5.31. The maximum Gasteiger partial charge on any atom is 0.320 e. The van der Waals surface area contributed by atoms with E-state index in [9.17, 15) is 14.7 Å². The average molecular weight is 317 g/mol. The molecule has 5 nitrogen and oxygen atoms in total. The van der Waals surface area contributed by atoms with E-state index in [0.717, 1.165) is 32.4 Å². The molecular formula is C15H25ClN2O3. The lowest BCUT2D eigenvalue weighted by atomic mass is 9.85. The lowest BCUT2D eigenvalue weighted by Crippen LogP contribution is -2.46. The van der Waals surface area contributed by atoms with E-state index in [1.807, 2.05) is 4.90 Å². The maximum atomic E-state index is 11.7. The number of halogens is 1. The second-order valence-corrected chi connectivity index (χ2v) is 6.42. The fourth-order valence-corrected chi connectivity index (χ4v) is 4.29. The molecule has 120 valence electrons. The van der Waals surface area contributed by atoms with Crippen molar-refractivity contribution in [2.24, 2.45) is 5.92 Å². The number of fused-ring (bicyclic) bond motifs is 1. The molecule has 3 unspecified atom stereocenters. The van der Waals surface area contributed by atoms with E-state index in [0.29, 0.717) is 24.9 Å². The van der Waals surface area contributed by atoms with Crippen molar-refractivity contribution in [1.82, 2.24) is 9.80 Å². The Morgan fingerprint density at radius 1 is 1.19 bits per heavy atom. The summed E-state index contributed by atoms with van der Waals surface area (Å²) < 4.78 is 0. The minimum absolute atomic E-state index is 0. The van der Waals surface area contributed by atoms with Gasteiger partial charge in [0.1, 0.15) is 6.04 Å². The zero-order valence-electron chi connectivity index (χ0n) is 12.4. The zero-order chi connectivity index (χ0) is 14.1. The summed E-state index contributed by atoms with van der Waals surface area (Å²) in [5, 5.41) is 9.45. The lowest BCUT2D eigenvalue weighted by molar-refractivity contribution is -0.142. The molecule has 1 amide bonds. The van der Waals surface area contributed by atoms with Gasteiger partial charge in [-0.1, -0.05) is 12.8 Å². The molecular weight excluding hydrogens is 292 g/mol. The summed E-state index contributed by atoms with van der Waals surface area (Å²) in [4.78, 5) is 27.2. The Hall–Kier alpha value is -0.810. The molecule has 3 aliphatic rings. The van der Waals surface area contributed by atoms with Crippen LogP contribution in [0.2, 0.25) is 0 Å². The standard InChI is InChI=1S/C15H24N2O3.ClH/c18-14-6-3-7-16(14)8-9-17-12-5-2-1-4-11(12)10-13(17)15(19)20;/h11-13H,1-10H2,(H,19,20);1H. The molecule has 2 aliphatic heterocycles. The smallest absolute Gasteiger partial charge is 0.320 e. The van der Waals surface area contributed by atoms with Gasteiger partial charge in [-0.05, 0) is 31.6 Å². The van der Waals surface area contributed by atoms with Crippen LogP contribution >= 0.6 is 12.4 Å². The molecule has 0 spiro atoms. The van der Waals surface area contributed by atoms with Crippen molar-refractivity contribution >= 4 is 24.3 Å². The SMILES string of the molecule is Cl.O=C(O)C1CC2CCCCC2N1CCN1CCCC1=O. The Morgan fingerprint density at radius 3 is 2.62 bits per heavy atom. The van der Waals surface area contributed by atoms with Crippen molar-refractivity contribution in [3.8, 4) is 0 Å². The van der Waals surface area contributed by atoms with E-state index < -0.39 is 5.97 Å². The first-order chi connectivity index (χ1) is 9.66. The number of amides is 1. The highest BCUT2D eigenvalue weighted by Crippen LogP contribution is 2.39. The molecule has 3 rings (SSSR count). The monoisotopic (exact) mass is 316 g/mol.